The van der Waals surface area contributed by atoms with E-state index in [4.69, 9.17) is 4.98 Å². The third-order valence-electron chi connectivity index (χ3n) is 11.4. The summed E-state index contributed by atoms with van der Waals surface area (Å²) in [5, 5.41) is 15.1. The molecule has 0 saturated carbocycles. The van der Waals surface area contributed by atoms with E-state index in [0.29, 0.717) is 39.3 Å². The average molecular weight is 831 g/mol. The molecule has 61 heavy (non-hydrogen) atoms. The molecule has 7 rings (SSSR count). The van der Waals surface area contributed by atoms with Gasteiger partial charge in [0.15, 0.2) is 0 Å². The number of rotatable bonds is 13. The lowest BCUT2D eigenvalue weighted by Crippen LogP contribution is -2.57. The van der Waals surface area contributed by atoms with Gasteiger partial charge >= 0.3 is 12.1 Å². The third kappa shape index (κ3) is 11.6. The molecular weight excluding hydrogens is 773 g/mol. The SMILES string of the molecule is CC(C)C(NC(=O)N1CCNCC1)C(=O)N1CCCC1c1ncc(-c2ccc(C#Cc3ccc(-c4cnc(CCCCNC(=O)CNC(=O)N5CCNCC5)[nH]4)cc3)cc2)[nH]1. The van der Waals surface area contributed by atoms with Crippen molar-refractivity contribution < 1.29 is 19.2 Å². The summed E-state index contributed by atoms with van der Waals surface area (Å²) in [6.45, 7) is 10.7. The Morgan fingerprint density at radius 2 is 1.33 bits per heavy atom. The Morgan fingerprint density at radius 3 is 1.95 bits per heavy atom. The number of aromatic nitrogens is 4. The first-order valence-electron chi connectivity index (χ1n) is 21.6. The fourth-order valence-corrected chi connectivity index (χ4v) is 7.84. The highest BCUT2D eigenvalue weighted by Gasteiger charge is 2.38. The number of unbranched alkanes of at least 4 members (excludes halogenated alkanes) is 1. The molecule has 0 aliphatic carbocycles. The summed E-state index contributed by atoms with van der Waals surface area (Å²) in [6, 6.07) is 14.9. The molecule has 16 nitrogen and oxygen atoms in total. The number of aryl methyl sites for hydroxylation is 1. The van der Waals surface area contributed by atoms with Gasteiger partial charge in [0.05, 0.1) is 36.4 Å². The van der Waals surface area contributed by atoms with Crippen LogP contribution in [0.1, 0.15) is 68.3 Å². The summed E-state index contributed by atoms with van der Waals surface area (Å²) < 4.78 is 0. The Kier molecular flexibility index (Phi) is 14.7. The first kappa shape index (κ1) is 42.9. The molecule has 3 aliphatic rings. The predicted molar refractivity (Wildman–Crippen MR) is 233 cm³/mol. The van der Waals surface area contributed by atoms with E-state index in [-0.39, 0.29) is 42.4 Å². The van der Waals surface area contributed by atoms with E-state index in [1.807, 2.05) is 79.7 Å². The molecule has 5 heterocycles. The van der Waals surface area contributed by atoms with Crippen LogP contribution in [0.3, 0.4) is 0 Å². The largest absolute Gasteiger partial charge is 0.355 e. The van der Waals surface area contributed by atoms with Crippen molar-refractivity contribution in [3.8, 4) is 34.4 Å². The molecule has 16 heteroatoms. The summed E-state index contributed by atoms with van der Waals surface area (Å²) in [5.74, 6) is 7.86. The second-order valence-electron chi connectivity index (χ2n) is 16.1. The van der Waals surface area contributed by atoms with Crippen LogP contribution in [-0.2, 0) is 16.0 Å². The lowest BCUT2D eigenvalue weighted by atomic mass is 10.0. The van der Waals surface area contributed by atoms with Crippen molar-refractivity contribution in [3.63, 3.8) is 0 Å². The number of likely N-dealkylation sites (tertiary alicyclic amines) is 1. The summed E-state index contributed by atoms with van der Waals surface area (Å²) in [4.78, 5) is 72.7. The van der Waals surface area contributed by atoms with E-state index >= 15 is 0 Å². The Bertz CT molecular complexity index is 2160. The quantitative estimate of drug-likeness (QED) is 0.0789. The molecular formula is C45H58N12O4. The van der Waals surface area contributed by atoms with Crippen molar-refractivity contribution in [2.24, 2.45) is 5.92 Å². The van der Waals surface area contributed by atoms with Crippen molar-refractivity contribution >= 4 is 23.9 Å². The lowest BCUT2D eigenvalue weighted by molar-refractivity contribution is -0.135. The fraction of sp³-hybridized carbons (Fsp3) is 0.467. The van der Waals surface area contributed by atoms with Gasteiger partial charge in [-0.15, -0.1) is 0 Å². The van der Waals surface area contributed by atoms with E-state index in [2.05, 4.69) is 53.4 Å². The number of nitrogens with one attached hydrogen (secondary N) is 7. The minimum absolute atomic E-state index is 0.0230. The summed E-state index contributed by atoms with van der Waals surface area (Å²) in [7, 11) is 0. The molecule has 0 spiro atoms. The zero-order chi connectivity index (χ0) is 42.6. The molecule has 3 saturated heterocycles. The number of carbonyl (C=O) groups excluding carboxylic acids is 4. The van der Waals surface area contributed by atoms with Gasteiger partial charge in [0.1, 0.15) is 17.7 Å². The Labute approximate surface area is 357 Å². The van der Waals surface area contributed by atoms with E-state index in [1.54, 1.807) is 9.80 Å². The zero-order valence-electron chi connectivity index (χ0n) is 35.2. The molecule has 3 aliphatic heterocycles. The van der Waals surface area contributed by atoms with Crippen molar-refractivity contribution in [2.75, 3.05) is 72.0 Å². The van der Waals surface area contributed by atoms with Crippen molar-refractivity contribution in [1.82, 2.24) is 61.2 Å². The molecule has 2 unspecified atom stereocenters. The molecule has 4 aromatic rings. The first-order chi connectivity index (χ1) is 29.7. The van der Waals surface area contributed by atoms with Gasteiger partial charge in [0.2, 0.25) is 11.8 Å². The molecule has 2 atom stereocenters. The van der Waals surface area contributed by atoms with Crippen LogP contribution in [0.5, 0.6) is 0 Å². The Hall–Kier alpha value is -6.18. The molecule has 3 fully saturated rings. The number of urea groups is 2. The number of hydrogen-bond donors (Lipinski definition) is 7. The van der Waals surface area contributed by atoms with Gasteiger partial charge in [-0.25, -0.2) is 19.6 Å². The number of imidazole rings is 2. The van der Waals surface area contributed by atoms with Gasteiger partial charge in [-0.2, -0.15) is 0 Å². The van der Waals surface area contributed by atoms with Crippen molar-refractivity contribution in [2.45, 2.75) is 58.0 Å². The topological polar surface area (TPSA) is 196 Å². The monoisotopic (exact) mass is 830 g/mol. The van der Waals surface area contributed by atoms with Gasteiger partial charge in [-0.05, 0) is 67.0 Å². The molecule has 2 aromatic heterocycles. The normalized spacial score (nSPS) is 17.1. The number of benzene rings is 2. The maximum absolute atomic E-state index is 13.9. The lowest BCUT2D eigenvalue weighted by Gasteiger charge is -2.33. The van der Waals surface area contributed by atoms with Gasteiger partial charge in [-0.1, -0.05) is 50.0 Å². The van der Waals surface area contributed by atoms with Crippen LogP contribution in [0.25, 0.3) is 22.5 Å². The predicted octanol–water partition coefficient (Wildman–Crippen LogP) is 3.22. The standard InChI is InChI=1S/C45H58N12O4/c1-31(2)41(54-45(61)56-26-21-47-22-27-56)43(59)57-23-5-6-38(57)42-50-29-37(53-42)35-16-12-33(13-17-35)9-8-32-10-14-34(15-11-32)36-28-49-39(52-36)7-3-4-18-48-40(58)30-51-44(60)55-24-19-46-20-25-55/h10-17,28-29,31,38,41,46-47H,3-7,18-27,30H2,1-2H3,(H,48,58)(H,49,52)(H,50,53)(H,51,60)(H,54,61). The van der Waals surface area contributed by atoms with Crippen molar-refractivity contribution in [1.29, 1.82) is 0 Å². The highest BCUT2D eigenvalue weighted by Crippen LogP contribution is 2.33. The number of amides is 6. The van der Waals surface area contributed by atoms with E-state index < -0.39 is 6.04 Å². The second-order valence-corrected chi connectivity index (χ2v) is 16.1. The van der Waals surface area contributed by atoms with Crippen LogP contribution in [0, 0.1) is 17.8 Å². The molecule has 0 bridgehead atoms. The number of piperazine rings is 2. The maximum Gasteiger partial charge on any atom is 0.318 e. The summed E-state index contributed by atoms with van der Waals surface area (Å²) in [6.07, 6.45) is 7.76. The third-order valence-corrected chi connectivity index (χ3v) is 11.4. The number of hydrogen-bond acceptors (Lipinski definition) is 8. The fourth-order valence-electron chi connectivity index (χ4n) is 7.84. The second kappa shape index (κ2) is 20.9. The molecule has 2 aromatic carbocycles. The highest BCUT2D eigenvalue weighted by atomic mass is 16.2. The Balaban J connectivity index is 0.855. The van der Waals surface area contributed by atoms with Gasteiger partial charge in [0.25, 0.3) is 0 Å². The summed E-state index contributed by atoms with van der Waals surface area (Å²) in [5.41, 5.74) is 5.58. The van der Waals surface area contributed by atoms with Crippen LogP contribution in [-0.4, -0.2) is 137 Å². The van der Waals surface area contributed by atoms with E-state index in [1.165, 1.54) is 0 Å². The highest BCUT2D eigenvalue weighted by molar-refractivity contribution is 5.88. The van der Waals surface area contributed by atoms with E-state index in [9.17, 15) is 19.2 Å². The van der Waals surface area contributed by atoms with Crippen LogP contribution in [0.2, 0.25) is 0 Å². The van der Waals surface area contributed by atoms with Crippen LogP contribution < -0.4 is 26.6 Å². The molecule has 7 N–H and O–H groups in total. The van der Waals surface area contributed by atoms with Crippen LogP contribution in [0.15, 0.2) is 60.9 Å². The van der Waals surface area contributed by atoms with Gasteiger partial charge in [-0.3, -0.25) is 9.59 Å². The van der Waals surface area contributed by atoms with E-state index in [0.717, 1.165) is 104 Å². The van der Waals surface area contributed by atoms with Gasteiger partial charge in [0, 0.05) is 83.0 Å². The summed E-state index contributed by atoms with van der Waals surface area (Å²) >= 11 is 0. The van der Waals surface area contributed by atoms with Crippen LogP contribution in [0.4, 0.5) is 9.59 Å². The molecule has 322 valence electrons. The maximum atomic E-state index is 13.9. The number of H-pyrrole nitrogens is 2. The Morgan fingerprint density at radius 1 is 0.738 bits per heavy atom. The minimum Gasteiger partial charge on any atom is -0.355 e. The number of carbonyl (C=O) groups is 4. The molecule has 6 amide bonds. The smallest absolute Gasteiger partial charge is 0.318 e. The minimum atomic E-state index is -0.609. The van der Waals surface area contributed by atoms with Gasteiger partial charge < -0.3 is 51.3 Å². The average Bonchev–Trinajstić information content (AvgIpc) is 4.09. The first-order valence-corrected chi connectivity index (χ1v) is 21.6. The zero-order valence-corrected chi connectivity index (χ0v) is 35.2. The molecule has 0 radical (unpaired) electrons. The van der Waals surface area contributed by atoms with Crippen LogP contribution >= 0.6 is 0 Å². The van der Waals surface area contributed by atoms with Crippen molar-refractivity contribution in [3.05, 3.63) is 83.7 Å². The number of aromatic amines is 2. The number of nitrogens with zero attached hydrogens (tertiary/aromatic N) is 5.